The molecule has 116 valence electrons. The van der Waals surface area contributed by atoms with Crippen molar-refractivity contribution in [1.29, 1.82) is 0 Å². The molecule has 0 aliphatic rings. The van der Waals surface area contributed by atoms with Gasteiger partial charge in [-0.3, -0.25) is 9.78 Å². The second-order valence-electron chi connectivity index (χ2n) is 4.88. The van der Waals surface area contributed by atoms with E-state index < -0.39 is 0 Å². The highest BCUT2D eigenvalue weighted by molar-refractivity contribution is 9.10. The average molecular weight is 388 g/mol. The quantitative estimate of drug-likeness (QED) is 0.721. The number of pyridine rings is 1. The van der Waals surface area contributed by atoms with E-state index in [2.05, 4.69) is 31.2 Å². The molecule has 0 fully saturated rings. The number of rotatable bonds is 5. The number of thiazole rings is 1. The molecule has 3 rings (SSSR count). The molecule has 3 aromatic rings. The van der Waals surface area contributed by atoms with Crippen molar-refractivity contribution < 1.29 is 4.79 Å². The van der Waals surface area contributed by atoms with Gasteiger partial charge in [-0.05, 0) is 30.3 Å². The molecule has 2 heterocycles. The number of hydrogen-bond acceptors (Lipinski definition) is 4. The van der Waals surface area contributed by atoms with Gasteiger partial charge < -0.3 is 5.32 Å². The molecule has 2 aromatic heterocycles. The molecule has 1 aromatic carbocycles. The summed E-state index contributed by atoms with van der Waals surface area (Å²) in [7, 11) is 0. The van der Waals surface area contributed by atoms with Crippen molar-refractivity contribution in [3.05, 3.63) is 69.2 Å². The lowest BCUT2D eigenvalue weighted by atomic mass is 10.2. The Morgan fingerprint density at radius 3 is 2.83 bits per heavy atom. The number of halogens is 1. The maximum absolute atomic E-state index is 12.1. The van der Waals surface area contributed by atoms with Crippen molar-refractivity contribution in [2.24, 2.45) is 0 Å². The minimum atomic E-state index is -0.0720. The number of carbonyl (C=O) groups excluding carboxylic acids is 1. The van der Waals surface area contributed by atoms with E-state index in [0.29, 0.717) is 12.1 Å². The standard InChI is InChI=1S/C17H14BrN3OS/c18-14-3-1-2-13(10-14)17(22)20-9-6-16-21-15(11-23-16)12-4-7-19-8-5-12/h1-5,7-8,10-11H,6,9H2,(H,20,22). The lowest BCUT2D eigenvalue weighted by molar-refractivity contribution is 0.0954. The van der Waals surface area contributed by atoms with Gasteiger partial charge in [0.05, 0.1) is 10.7 Å². The monoisotopic (exact) mass is 387 g/mol. The molecule has 0 spiro atoms. The first-order valence-corrected chi connectivity index (χ1v) is 8.78. The largest absolute Gasteiger partial charge is 0.352 e. The third-order valence-electron chi connectivity index (χ3n) is 3.24. The molecule has 4 nitrogen and oxygen atoms in total. The summed E-state index contributed by atoms with van der Waals surface area (Å²) in [5.41, 5.74) is 2.65. The molecule has 0 aliphatic heterocycles. The van der Waals surface area contributed by atoms with Gasteiger partial charge in [-0.15, -0.1) is 11.3 Å². The fourth-order valence-electron chi connectivity index (χ4n) is 2.10. The van der Waals surface area contributed by atoms with Crippen LogP contribution in [0.1, 0.15) is 15.4 Å². The molecule has 0 atom stereocenters. The number of hydrogen-bond donors (Lipinski definition) is 1. The van der Waals surface area contributed by atoms with Crippen molar-refractivity contribution in [3.8, 4) is 11.3 Å². The van der Waals surface area contributed by atoms with Crippen LogP contribution in [0.5, 0.6) is 0 Å². The predicted octanol–water partition coefficient (Wildman–Crippen LogP) is 3.94. The second kappa shape index (κ2) is 7.48. The van der Waals surface area contributed by atoms with Gasteiger partial charge in [0.25, 0.3) is 5.91 Å². The van der Waals surface area contributed by atoms with Crippen LogP contribution in [0.2, 0.25) is 0 Å². The summed E-state index contributed by atoms with van der Waals surface area (Å²) in [6.07, 6.45) is 4.23. The first-order chi connectivity index (χ1) is 11.2. The van der Waals surface area contributed by atoms with Crippen molar-refractivity contribution in [2.75, 3.05) is 6.54 Å². The van der Waals surface area contributed by atoms with Crippen molar-refractivity contribution in [2.45, 2.75) is 6.42 Å². The number of nitrogens with one attached hydrogen (secondary N) is 1. The fraction of sp³-hybridized carbons (Fsp3) is 0.118. The van der Waals surface area contributed by atoms with Crippen LogP contribution in [0, 0.1) is 0 Å². The van der Waals surface area contributed by atoms with E-state index in [1.807, 2.05) is 29.6 Å². The second-order valence-corrected chi connectivity index (χ2v) is 6.74. The zero-order valence-electron chi connectivity index (χ0n) is 12.2. The van der Waals surface area contributed by atoms with Crippen LogP contribution in [0.15, 0.2) is 58.6 Å². The lowest BCUT2D eigenvalue weighted by Crippen LogP contribution is -2.25. The van der Waals surface area contributed by atoms with Crippen LogP contribution in [0.4, 0.5) is 0 Å². The molecule has 6 heteroatoms. The van der Waals surface area contributed by atoms with Gasteiger partial charge in [0.15, 0.2) is 0 Å². The fourth-order valence-corrected chi connectivity index (χ4v) is 3.30. The van der Waals surface area contributed by atoms with Crippen molar-refractivity contribution in [3.63, 3.8) is 0 Å². The zero-order valence-corrected chi connectivity index (χ0v) is 14.6. The minimum Gasteiger partial charge on any atom is -0.352 e. The summed E-state index contributed by atoms with van der Waals surface area (Å²) < 4.78 is 0.895. The molecule has 0 saturated heterocycles. The van der Waals surface area contributed by atoms with E-state index in [0.717, 1.165) is 27.2 Å². The van der Waals surface area contributed by atoms with Crippen LogP contribution in [-0.2, 0) is 6.42 Å². The van der Waals surface area contributed by atoms with Crippen LogP contribution >= 0.6 is 27.3 Å². The van der Waals surface area contributed by atoms with Crippen LogP contribution in [0.3, 0.4) is 0 Å². The predicted molar refractivity (Wildman–Crippen MR) is 95.5 cm³/mol. The van der Waals surface area contributed by atoms with E-state index in [1.54, 1.807) is 35.9 Å². The molecular weight excluding hydrogens is 374 g/mol. The Labute approximate surface area is 146 Å². The third-order valence-corrected chi connectivity index (χ3v) is 4.64. The SMILES string of the molecule is O=C(NCCc1nc(-c2ccncc2)cs1)c1cccc(Br)c1. The molecule has 0 radical (unpaired) electrons. The average Bonchev–Trinajstić information content (AvgIpc) is 3.04. The summed E-state index contributed by atoms with van der Waals surface area (Å²) in [4.78, 5) is 20.7. The Morgan fingerprint density at radius 1 is 1.22 bits per heavy atom. The van der Waals surface area contributed by atoms with Gasteiger partial charge in [-0.1, -0.05) is 22.0 Å². The smallest absolute Gasteiger partial charge is 0.251 e. The van der Waals surface area contributed by atoms with Crippen LogP contribution in [-0.4, -0.2) is 22.4 Å². The van der Waals surface area contributed by atoms with Crippen LogP contribution in [0.25, 0.3) is 11.3 Å². The summed E-state index contributed by atoms with van der Waals surface area (Å²) in [5.74, 6) is -0.0720. The molecular formula is C17H14BrN3OS. The Kier molecular flexibility index (Phi) is 5.15. The van der Waals surface area contributed by atoms with Crippen LogP contribution < -0.4 is 5.32 Å². The van der Waals surface area contributed by atoms with Crippen molar-refractivity contribution >= 4 is 33.2 Å². The Balaban J connectivity index is 1.55. The van der Waals surface area contributed by atoms with E-state index in [1.165, 1.54) is 0 Å². The molecule has 1 amide bonds. The molecule has 23 heavy (non-hydrogen) atoms. The maximum Gasteiger partial charge on any atom is 0.251 e. The van der Waals surface area contributed by atoms with E-state index in [9.17, 15) is 4.79 Å². The van der Waals surface area contributed by atoms with Gasteiger partial charge in [0.2, 0.25) is 0 Å². The highest BCUT2D eigenvalue weighted by Gasteiger charge is 2.07. The summed E-state index contributed by atoms with van der Waals surface area (Å²) in [6.45, 7) is 0.564. The Bertz CT molecular complexity index is 804. The Morgan fingerprint density at radius 2 is 2.04 bits per heavy atom. The summed E-state index contributed by atoms with van der Waals surface area (Å²) in [5, 5.41) is 5.96. The van der Waals surface area contributed by atoms with Gasteiger partial charge in [0.1, 0.15) is 0 Å². The maximum atomic E-state index is 12.1. The first-order valence-electron chi connectivity index (χ1n) is 7.11. The zero-order chi connectivity index (χ0) is 16.1. The number of nitrogens with zero attached hydrogens (tertiary/aromatic N) is 2. The van der Waals surface area contributed by atoms with Gasteiger partial charge in [-0.25, -0.2) is 4.98 Å². The number of aromatic nitrogens is 2. The highest BCUT2D eigenvalue weighted by atomic mass is 79.9. The lowest BCUT2D eigenvalue weighted by Gasteiger charge is -2.04. The molecule has 0 bridgehead atoms. The number of benzene rings is 1. The summed E-state index contributed by atoms with van der Waals surface area (Å²) >= 11 is 4.97. The first kappa shape index (κ1) is 15.8. The normalized spacial score (nSPS) is 10.5. The summed E-state index contributed by atoms with van der Waals surface area (Å²) in [6, 6.07) is 11.2. The number of carbonyl (C=O) groups is 1. The highest BCUT2D eigenvalue weighted by Crippen LogP contribution is 2.21. The van der Waals surface area contributed by atoms with Gasteiger partial charge in [0, 0.05) is 46.3 Å². The van der Waals surface area contributed by atoms with Gasteiger partial charge >= 0.3 is 0 Å². The molecule has 1 N–H and O–H groups in total. The third kappa shape index (κ3) is 4.24. The molecule has 0 saturated carbocycles. The molecule has 0 unspecified atom stereocenters. The van der Waals surface area contributed by atoms with Crippen molar-refractivity contribution in [1.82, 2.24) is 15.3 Å². The van der Waals surface area contributed by atoms with E-state index >= 15 is 0 Å². The van der Waals surface area contributed by atoms with E-state index in [-0.39, 0.29) is 5.91 Å². The van der Waals surface area contributed by atoms with E-state index in [4.69, 9.17) is 0 Å². The minimum absolute atomic E-state index is 0.0720. The molecule has 0 aliphatic carbocycles. The topological polar surface area (TPSA) is 54.9 Å². The Hall–Kier alpha value is -2.05. The van der Waals surface area contributed by atoms with Gasteiger partial charge in [-0.2, -0.15) is 0 Å². The number of amides is 1.